The van der Waals surface area contributed by atoms with Crippen molar-refractivity contribution in [2.75, 3.05) is 5.43 Å². The predicted molar refractivity (Wildman–Crippen MR) is 78.6 cm³/mol. The maximum atomic E-state index is 10.9. The van der Waals surface area contributed by atoms with Crippen molar-refractivity contribution in [3.05, 3.63) is 45.6 Å². The van der Waals surface area contributed by atoms with E-state index in [1.807, 2.05) is 0 Å². The summed E-state index contributed by atoms with van der Waals surface area (Å²) in [5.74, 6) is 6.63. The van der Waals surface area contributed by atoms with Gasteiger partial charge in [0.15, 0.2) is 5.82 Å². The van der Waals surface area contributed by atoms with Crippen LogP contribution in [0.15, 0.2) is 24.3 Å². The molecule has 0 radical (unpaired) electrons. The Hall–Kier alpha value is -2.54. The zero-order chi connectivity index (χ0) is 14.8. The fraction of sp³-hybridized carbons (Fsp3) is 0.286. The highest BCUT2D eigenvalue weighted by molar-refractivity contribution is 5.62. The lowest BCUT2D eigenvalue weighted by atomic mass is 9.96. The Morgan fingerprint density at radius 3 is 2.81 bits per heavy atom. The van der Waals surface area contributed by atoms with E-state index >= 15 is 0 Å². The molecule has 0 saturated heterocycles. The van der Waals surface area contributed by atoms with Crippen LogP contribution in [0.2, 0.25) is 0 Å². The molecule has 0 saturated carbocycles. The van der Waals surface area contributed by atoms with Crippen LogP contribution in [0.5, 0.6) is 0 Å². The number of hydrogen-bond donors (Lipinski definition) is 2. The SMILES string of the molecule is NNc1nc(-c2cccc([N+](=O)[O-])c2)nc2c1CCCC2. The quantitative estimate of drug-likeness (QED) is 0.508. The molecule has 7 nitrogen and oxygen atoms in total. The highest BCUT2D eigenvalue weighted by Gasteiger charge is 2.18. The molecule has 1 aromatic carbocycles. The number of benzene rings is 1. The second kappa shape index (κ2) is 5.45. The number of nitro benzene ring substituents is 1. The molecule has 7 heteroatoms. The highest BCUT2D eigenvalue weighted by atomic mass is 16.6. The Bertz CT molecular complexity index is 685. The largest absolute Gasteiger partial charge is 0.308 e. The third-order valence-electron chi connectivity index (χ3n) is 3.64. The van der Waals surface area contributed by atoms with Crippen LogP contribution in [0.1, 0.15) is 24.1 Å². The Kier molecular flexibility index (Phi) is 3.49. The monoisotopic (exact) mass is 285 g/mol. The van der Waals surface area contributed by atoms with Gasteiger partial charge < -0.3 is 5.43 Å². The van der Waals surface area contributed by atoms with Crippen LogP contribution in [-0.4, -0.2) is 14.9 Å². The van der Waals surface area contributed by atoms with Crippen LogP contribution in [0.4, 0.5) is 11.5 Å². The third kappa shape index (κ3) is 2.55. The van der Waals surface area contributed by atoms with Gasteiger partial charge in [0.2, 0.25) is 0 Å². The third-order valence-corrected chi connectivity index (χ3v) is 3.64. The highest BCUT2D eigenvalue weighted by Crippen LogP contribution is 2.29. The Labute approximate surface area is 121 Å². The maximum Gasteiger partial charge on any atom is 0.270 e. The van der Waals surface area contributed by atoms with E-state index in [4.69, 9.17) is 5.84 Å². The standard InChI is InChI=1S/C14H15N5O2/c15-18-14-11-6-1-2-7-12(11)16-13(17-14)9-4-3-5-10(8-9)19(20)21/h3-5,8H,1-2,6-7,15H2,(H,16,17,18). The number of aryl methyl sites for hydroxylation is 1. The molecule has 3 rings (SSSR count). The van der Waals surface area contributed by atoms with Crippen molar-refractivity contribution in [3.8, 4) is 11.4 Å². The van der Waals surface area contributed by atoms with Gasteiger partial charge >= 0.3 is 0 Å². The van der Waals surface area contributed by atoms with Crippen molar-refractivity contribution in [3.63, 3.8) is 0 Å². The molecule has 0 bridgehead atoms. The van der Waals surface area contributed by atoms with Crippen molar-refractivity contribution in [2.24, 2.45) is 5.84 Å². The number of non-ortho nitro benzene ring substituents is 1. The maximum absolute atomic E-state index is 10.9. The molecule has 0 fully saturated rings. The molecule has 1 aliphatic rings. The molecular weight excluding hydrogens is 270 g/mol. The summed E-state index contributed by atoms with van der Waals surface area (Å²) in [6.07, 6.45) is 3.97. The minimum atomic E-state index is -0.427. The van der Waals surface area contributed by atoms with Crippen molar-refractivity contribution in [1.82, 2.24) is 9.97 Å². The van der Waals surface area contributed by atoms with Crippen LogP contribution in [-0.2, 0) is 12.8 Å². The van der Waals surface area contributed by atoms with Gasteiger partial charge in [-0.15, -0.1) is 0 Å². The molecule has 0 unspecified atom stereocenters. The molecule has 0 atom stereocenters. The molecule has 0 aliphatic heterocycles. The summed E-state index contributed by atoms with van der Waals surface area (Å²) >= 11 is 0. The molecule has 1 aliphatic carbocycles. The fourth-order valence-electron chi connectivity index (χ4n) is 2.60. The first-order valence-corrected chi connectivity index (χ1v) is 6.80. The zero-order valence-electron chi connectivity index (χ0n) is 11.4. The summed E-state index contributed by atoms with van der Waals surface area (Å²) in [5.41, 5.74) is 5.29. The topological polar surface area (TPSA) is 107 Å². The summed E-state index contributed by atoms with van der Waals surface area (Å²) in [6, 6.07) is 6.32. The summed E-state index contributed by atoms with van der Waals surface area (Å²) in [7, 11) is 0. The lowest BCUT2D eigenvalue weighted by molar-refractivity contribution is -0.384. The van der Waals surface area contributed by atoms with Crippen molar-refractivity contribution >= 4 is 11.5 Å². The smallest absolute Gasteiger partial charge is 0.270 e. The summed E-state index contributed by atoms with van der Waals surface area (Å²) in [6.45, 7) is 0. The second-order valence-corrected chi connectivity index (χ2v) is 4.98. The molecule has 0 spiro atoms. The van der Waals surface area contributed by atoms with Gasteiger partial charge in [0.1, 0.15) is 5.82 Å². The average molecular weight is 285 g/mol. The molecule has 0 amide bonds. The van der Waals surface area contributed by atoms with Crippen LogP contribution in [0, 0.1) is 10.1 Å². The van der Waals surface area contributed by atoms with Gasteiger partial charge in [-0.3, -0.25) is 10.1 Å². The van der Waals surface area contributed by atoms with Crippen LogP contribution < -0.4 is 11.3 Å². The van der Waals surface area contributed by atoms with Gasteiger partial charge in [0.05, 0.1) is 4.92 Å². The number of fused-ring (bicyclic) bond motifs is 1. The number of nitrogen functional groups attached to an aromatic ring is 1. The Morgan fingerprint density at radius 2 is 2.05 bits per heavy atom. The number of aromatic nitrogens is 2. The summed E-state index contributed by atoms with van der Waals surface area (Å²) in [5, 5.41) is 10.9. The van der Waals surface area contributed by atoms with Crippen molar-refractivity contribution < 1.29 is 4.92 Å². The molecule has 1 aromatic heterocycles. The predicted octanol–water partition coefficient (Wildman–Crippen LogP) is 2.22. The van der Waals surface area contributed by atoms with Gasteiger partial charge in [-0.1, -0.05) is 12.1 Å². The number of rotatable bonds is 3. The van der Waals surface area contributed by atoms with Gasteiger partial charge in [0, 0.05) is 29.0 Å². The number of anilines is 1. The molecule has 3 N–H and O–H groups in total. The second-order valence-electron chi connectivity index (χ2n) is 4.98. The normalized spacial score (nSPS) is 13.6. The van der Waals surface area contributed by atoms with E-state index in [1.54, 1.807) is 12.1 Å². The number of nitrogens with one attached hydrogen (secondary N) is 1. The lowest BCUT2D eigenvalue weighted by Crippen LogP contribution is -2.17. The van der Waals surface area contributed by atoms with Crippen LogP contribution in [0.25, 0.3) is 11.4 Å². The zero-order valence-corrected chi connectivity index (χ0v) is 11.4. The van der Waals surface area contributed by atoms with Gasteiger partial charge in [-0.05, 0) is 25.7 Å². The van der Waals surface area contributed by atoms with E-state index in [0.717, 1.165) is 36.9 Å². The number of nitro groups is 1. The van der Waals surface area contributed by atoms with Crippen molar-refractivity contribution in [2.45, 2.75) is 25.7 Å². The van der Waals surface area contributed by atoms with Crippen molar-refractivity contribution in [1.29, 1.82) is 0 Å². The van der Waals surface area contributed by atoms with E-state index in [-0.39, 0.29) is 5.69 Å². The first-order chi connectivity index (χ1) is 10.2. The number of nitrogens with two attached hydrogens (primary N) is 1. The first kappa shape index (κ1) is 13.4. The van der Waals surface area contributed by atoms with Crippen LogP contribution in [0.3, 0.4) is 0 Å². The molecular formula is C14H15N5O2. The van der Waals surface area contributed by atoms with E-state index in [0.29, 0.717) is 17.2 Å². The lowest BCUT2D eigenvalue weighted by Gasteiger charge is -2.18. The number of hydrazine groups is 1. The van der Waals surface area contributed by atoms with E-state index < -0.39 is 4.92 Å². The van der Waals surface area contributed by atoms with E-state index in [9.17, 15) is 10.1 Å². The van der Waals surface area contributed by atoms with Gasteiger partial charge in [-0.2, -0.15) is 0 Å². The van der Waals surface area contributed by atoms with E-state index in [2.05, 4.69) is 15.4 Å². The molecule has 108 valence electrons. The Balaban J connectivity index is 2.10. The van der Waals surface area contributed by atoms with E-state index in [1.165, 1.54) is 12.1 Å². The average Bonchev–Trinajstić information content (AvgIpc) is 2.53. The number of nitrogens with zero attached hydrogens (tertiary/aromatic N) is 3. The minimum absolute atomic E-state index is 0.0241. The van der Waals surface area contributed by atoms with Gasteiger partial charge in [0.25, 0.3) is 5.69 Å². The van der Waals surface area contributed by atoms with Crippen LogP contribution >= 0.6 is 0 Å². The van der Waals surface area contributed by atoms with Gasteiger partial charge in [-0.25, -0.2) is 15.8 Å². The molecule has 1 heterocycles. The summed E-state index contributed by atoms with van der Waals surface area (Å²) in [4.78, 5) is 19.4. The first-order valence-electron chi connectivity index (χ1n) is 6.80. The Morgan fingerprint density at radius 1 is 1.24 bits per heavy atom. The summed E-state index contributed by atoms with van der Waals surface area (Å²) < 4.78 is 0. The molecule has 2 aromatic rings. The fourth-order valence-corrected chi connectivity index (χ4v) is 2.60. The molecule has 21 heavy (non-hydrogen) atoms. The minimum Gasteiger partial charge on any atom is -0.308 e. The number of hydrogen-bond acceptors (Lipinski definition) is 6.